The van der Waals surface area contributed by atoms with Crippen LogP contribution in [0.15, 0.2) is 0 Å². The average Bonchev–Trinajstić information content (AvgIpc) is 1.66. The maximum atomic E-state index is 8.89. The molecule has 0 saturated heterocycles. The summed E-state index contributed by atoms with van der Waals surface area (Å²) in [6.45, 7) is 0.972. The van der Waals surface area contributed by atoms with Crippen molar-refractivity contribution in [2.45, 2.75) is 6.92 Å². The molecule has 0 fully saturated rings. The van der Waals surface area contributed by atoms with Crippen molar-refractivity contribution in [2.75, 3.05) is 7.11 Å². The largest absolute Gasteiger partial charge is 1.00 e. The van der Waals surface area contributed by atoms with Gasteiger partial charge in [-0.15, -0.1) is 0 Å². The summed E-state index contributed by atoms with van der Waals surface area (Å²) in [6, 6.07) is 0. The quantitative estimate of drug-likeness (QED) is 0.272. The van der Waals surface area contributed by atoms with Gasteiger partial charge in [0, 0.05) is 13.1 Å². The zero-order chi connectivity index (χ0) is 9.15. The van der Waals surface area contributed by atoms with E-state index in [1.54, 1.807) is 0 Å². The summed E-state index contributed by atoms with van der Waals surface area (Å²) >= 11 is 0. The number of aliphatic hydroxyl groups excluding tert-OH is 1. The van der Waals surface area contributed by atoms with Crippen LogP contribution in [-0.4, -0.2) is 40.6 Å². The summed E-state index contributed by atoms with van der Waals surface area (Å²) in [5.41, 5.74) is 0. The van der Waals surface area contributed by atoms with Crippen molar-refractivity contribution in [3.05, 3.63) is 0 Å². The fourth-order valence-electron chi connectivity index (χ4n) is 0. The first-order valence-corrected chi connectivity index (χ1v) is 2.13. The third-order valence-corrected chi connectivity index (χ3v) is 0. The van der Waals surface area contributed by atoms with Crippen molar-refractivity contribution < 1.29 is 59.6 Å². The van der Waals surface area contributed by atoms with Crippen molar-refractivity contribution in [1.82, 2.24) is 0 Å². The van der Waals surface area contributed by atoms with Crippen LogP contribution in [0.2, 0.25) is 0 Å². The average molecular weight is 176 g/mol. The first-order chi connectivity index (χ1) is 4.46. The summed E-state index contributed by atoms with van der Waals surface area (Å²) in [6.07, 6.45) is 0. The summed E-state index contributed by atoms with van der Waals surface area (Å²) in [7, 11) is -1.17. The van der Waals surface area contributed by atoms with Gasteiger partial charge in [0.25, 0.3) is 0 Å². The van der Waals surface area contributed by atoms with Crippen molar-refractivity contribution >= 4 is 13.3 Å². The zero-order valence-corrected chi connectivity index (χ0v) is 8.68. The summed E-state index contributed by atoms with van der Waals surface area (Å²) in [5.74, 6) is -1.08. The molecule has 0 radical (unpaired) electrons. The van der Waals surface area contributed by atoms with Crippen LogP contribution in [0, 0.1) is 0 Å². The van der Waals surface area contributed by atoms with Crippen LogP contribution in [0.25, 0.3) is 0 Å². The van der Waals surface area contributed by atoms with Gasteiger partial charge in [-0.2, -0.15) is 0 Å². The molecule has 0 bridgehead atoms. The maximum absolute atomic E-state index is 8.89. The first-order valence-electron chi connectivity index (χ1n) is 2.13. The van der Waals surface area contributed by atoms with Crippen LogP contribution in [-0.2, 0) is 4.79 Å². The van der Waals surface area contributed by atoms with Gasteiger partial charge in [-0.1, -0.05) is 0 Å². The Bertz CT molecular complexity index is 62.1. The van der Waals surface area contributed by atoms with Crippen LogP contribution in [0.3, 0.4) is 0 Å². The molecule has 0 aromatic rings. The minimum Gasteiger partial charge on any atom is -0.550 e. The maximum Gasteiger partial charge on any atom is 1.00 e. The van der Waals surface area contributed by atoms with E-state index >= 15 is 0 Å². The Morgan fingerprint density at radius 2 is 1.27 bits per heavy atom. The number of rotatable bonds is 0. The Hall–Kier alpha value is 0.375. The van der Waals surface area contributed by atoms with Crippen molar-refractivity contribution in [1.29, 1.82) is 0 Å². The molecule has 0 aromatic carbocycles. The standard InChI is InChI=1S/C2H4O2.CH4O.BH3O3.Na/c1-2(3)4;1-2;2-1(3)4;/h1H3,(H,3,4);2H,1H3;2-4H;/q;;;+1/p-1. The second-order valence-corrected chi connectivity index (χ2v) is 0.838. The second kappa shape index (κ2) is 22.4. The van der Waals surface area contributed by atoms with Crippen LogP contribution in [0.4, 0.5) is 0 Å². The Morgan fingerprint density at radius 3 is 1.27 bits per heavy atom. The molecular weight excluding hydrogens is 166 g/mol. The van der Waals surface area contributed by atoms with E-state index in [4.69, 9.17) is 30.1 Å². The van der Waals surface area contributed by atoms with Crippen molar-refractivity contribution in [2.24, 2.45) is 0 Å². The van der Waals surface area contributed by atoms with E-state index in [1.807, 2.05) is 0 Å². The number of carboxylic acid groups (broad SMARTS) is 1. The molecule has 0 atom stereocenters. The van der Waals surface area contributed by atoms with E-state index in [-0.39, 0.29) is 29.6 Å². The van der Waals surface area contributed by atoms with Crippen LogP contribution in [0.5, 0.6) is 0 Å². The molecule has 62 valence electrons. The molecule has 0 spiro atoms. The third kappa shape index (κ3) is 5180. The normalized spacial score (nSPS) is 5.27. The molecule has 0 heterocycles. The predicted molar refractivity (Wildman–Crippen MR) is 31.2 cm³/mol. The number of hydrogen-bond donors (Lipinski definition) is 4. The monoisotopic (exact) mass is 176 g/mol. The van der Waals surface area contributed by atoms with Gasteiger partial charge in [0.1, 0.15) is 0 Å². The first kappa shape index (κ1) is 22.5. The minimum absolute atomic E-state index is 0. The van der Waals surface area contributed by atoms with Crippen LogP contribution >= 0.6 is 0 Å². The molecule has 0 unspecified atom stereocenters. The molecule has 8 heteroatoms. The van der Waals surface area contributed by atoms with Crippen LogP contribution < -0.4 is 34.7 Å². The smallest absolute Gasteiger partial charge is 0.550 e. The molecule has 0 aliphatic heterocycles. The van der Waals surface area contributed by atoms with Gasteiger partial charge in [0.05, 0.1) is 0 Å². The van der Waals surface area contributed by atoms with Gasteiger partial charge in [-0.3, -0.25) is 0 Å². The molecule has 0 aliphatic carbocycles. The minimum atomic E-state index is -2.17. The molecule has 0 aliphatic rings. The van der Waals surface area contributed by atoms with E-state index in [0.717, 1.165) is 14.0 Å². The number of hydrogen-bond acceptors (Lipinski definition) is 6. The van der Waals surface area contributed by atoms with Gasteiger partial charge in [0.2, 0.25) is 0 Å². The topological polar surface area (TPSA) is 121 Å². The summed E-state index contributed by atoms with van der Waals surface area (Å²) in [5, 5.41) is 37.4. The van der Waals surface area contributed by atoms with E-state index < -0.39 is 13.3 Å². The number of aliphatic carboxylic acids is 1. The number of carbonyl (C=O) groups is 1. The third-order valence-electron chi connectivity index (χ3n) is 0. The van der Waals surface area contributed by atoms with Gasteiger partial charge in [-0.05, 0) is 6.92 Å². The number of carbonyl (C=O) groups excluding carboxylic acids is 1. The van der Waals surface area contributed by atoms with Crippen LogP contribution in [0.1, 0.15) is 6.92 Å². The van der Waals surface area contributed by atoms with E-state index in [1.165, 1.54) is 0 Å². The van der Waals surface area contributed by atoms with Gasteiger partial charge >= 0.3 is 36.9 Å². The zero-order valence-electron chi connectivity index (χ0n) is 6.68. The molecular formula is C3H10BNaO6. The molecule has 6 nitrogen and oxygen atoms in total. The fraction of sp³-hybridized carbons (Fsp3) is 0.667. The SMILES string of the molecule is CC(=O)[O-].CO.OB(O)O.[Na+]. The van der Waals surface area contributed by atoms with Gasteiger partial charge < -0.3 is 30.1 Å². The Kier molecular flexibility index (Phi) is 45.9. The Labute approximate surface area is 87.0 Å². The van der Waals surface area contributed by atoms with Crippen molar-refractivity contribution in [3.8, 4) is 0 Å². The molecule has 0 rings (SSSR count). The van der Waals surface area contributed by atoms with E-state index in [2.05, 4.69) is 0 Å². The summed E-state index contributed by atoms with van der Waals surface area (Å²) in [4.78, 5) is 8.89. The van der Waals surface area contributed by atoms with Crippen molar-refractivity contribution in [3.63, 3.8) is 0 Å². The summed E-state index contributed by atoms with van der Waals surface area (Å²) < 4.78 is 0. The Morgan fingerprint density at radius 1 is 1.27 bits per heavy atom. The molecule has 0 saturated carbocycles. The fourth-order valence-corrected chi connectivity index (χ4v) is 0. The van der Waals surface area contributed by atoms with E-state index in [9.17, 15) is 0 Å². The van der Waals surface area contributed by atoms with Gasteiger partial charge in [0.15, 0.2) is 0 Å². The Balaban J connectivity index is -0.0000000339. The molecule has 11 heavy (non-hydrogen) atoms. The molecule has 0 amide bonds. The number of carboxylic acids is 1. The predicted octanol–water partition coefficient (Wildman–Crippen LogP) is -6.68. The van der Waals surface area contributed by atoms with E-state index in [0.29, 0.717) is 0 Å². The number of aliphatic hydroxyl groups is 1. The van der Waals surface area contributed by atoms with Gasteiger partial charge in [-0.25, -0.2) is 0 Å². The molecule has 4 N–H and O–H groups in total. The second-order valence-electron chi connectivity index (χ2n) is 0.838. The molecule has 0 aromatic heterocycles.